The largest absolute Gasteiger partial charge is 0.480 e. The third kappa shape index (κ3) is 3.70. The number of carboxylic acid groups (broad SMARTS) is 1. The average molecular weight is 325 g/mol. The molecule has 0 spiro atoms. The molecule has 24 heavy (non-hydrogen) atoms. The Morgan fingerprint density at radius 1 is 1.17 bits per heavy atom. The maximum absolute atomic E-state index is 11.9. The van der Waals surface area contributed by atoms with Gasteiger partial charge in [0, 0.05) is 11.1 Å². The van der Waals surface area contributed by atoms with Gasteiger partial charge in [-0.05, 0) is 23.8 Å². The van der Waals surface area contributed by atoms with Gasteiger partial charge in [-0.1, -0.05) is 30.3 Å². The van der Waals surface area contributed by atoms with Crippen LogP contribution in [0.25, 0.3) is 10.9 Å². The predicted octanol–water partition coefficient (Wildman–Crippen LogP) is 2.87. The topological polar surface area (TPSA) is 93.5 Å². The fourth-order valence-corrected chi connectivity index (χ4v) is 2.28. The first-order valence-corrected chi connectivity index (χ1v) is 7.27. The van der Waals surface area contributed by atoms with Crippen LogP contribution in [0, 0.1) is 0 Å². The highest BCUT2D eigenvalue weighted by Gasteiger charge is 2.09. The first kappa shape index (κ1) is 15.5. The number of benzene rings is 2. The lowest BCUT2D eigenvalue weighted by molar-refractivity contribution is -0.137. The van der Waals surface area contributed by atoms with Crippen molar-refractivity contribution in [2.75, 3.05) is 5.32 Å². The second kappa shape index (κ2) is 6.82. The Kier molecular flexibility index (Phi) is 4.42. The van der Waals surface area contributed by atoms with Gasteiger partial charge in [-0.3, -0.25) is 14.8 Å². The zero-order valence-corrected chi connectivity index (χ0v) is 12.7. The molecule has 0 aliphatic rings. The Bertz CT molecular complexity index is 874. The number of hydrogen-bond acceptors (Lipinski definition) is 4. The van der Waals surface area contributed by atoms with Gasteiger partial charge < -0.3 is 9.84 Å². The molecule has 0 unspecified atom stereocenters. The molecular formula is C17H15N3O4. The molecule has 3 rings (SSSR count). The summed E-state index contributed by atoms with van der Waals surface area (Å²) in [6, 6.07) is 14.5. The number of anilines is 1. The van der Waals surface area contributed by atoms with E-state index in [2.05, 4.69) is 10.4 Å². The van der Waals surface area contributed by atoms with Crippen molar-refractivity contribution in [3.8, 4) is 0 Å². The average Bonchev–Trinajstić information content (AvgIpc) is 2.96. The van der Waals surface area contributed by atoms with Gasteiger partial charge in [0.1, 0.15) is 13.2 Å². The SMILES string of the molecule is O=C(O)Cn1ncc2ccc(NC(=O)OCc3ccccc3)cc21. The Labute approximate surface area is 137 Å². The van der Waals surface area contributed by atoms with Crippen molar-refractivity contribution in [2.45, 2.75) is 13.2 Å². The van der Waals surface area contributed by atoms with E-state index in [1.165, 1.54) is 4.68 Å². The molecule has 0 saturated heterocycles. The number of rotatable bonds is 5. The van der Waals surface area contributed by atoms with Gasteiger partial charge in [0.05, 0.1) is 11.7 Å². The summed E-state index contributed by atoms with van der Waals surface area (Å²) >= 11 is 0. The van der Waals surface area contributed by atoms with Gasteiger partial charge in [0.15, 0.2) is 0 Å². The number of ether oxygens (including phenoxy) is 1. The van der Waals surface area contributed by atoms with Crippen molar-refractivity contribution in [3.63, 3.8) is 0 Å². The van der Waals surface area contributed by atoms with Crippen LogP contribution in [0.3, 0.4) is 0 Å². The number of aliphatic carboxylic acids is 1. The Hall–Kier alpha value is -3.35. The highest BCUT2D eigenvalue weighted by atomic mass is 16.5. The number of aromatic nitrogens is 2. The van der Waals surface area contributed by atoms with Crippen molar-refractivity contribution >= 4 is 28.7 Å². The molecule has 3 aromatic rings. The number of carboxylic acids is 1. The van der Waals surface area contributed by atoms with Crippen molar-refractivity contribution in [1.82, 2.24) is 9.78 Å². The molecule has 0 aliphatic heterocycles. The van der Waals surface area contributed by atoms with Gasteiger partial charge in [0.25, 0.3) is 0 Å². The number of hydrogen-bond donors (Lipinski definition) is 2. The van der Waals surface area contributed by atoms with Gasteiger partial charge in [0.2, 0.25) is 0 Å². The Morgan fingerprint density at radius 2 is 1.96 bits per heavy atom. The summed E-state index contributed by atoms with van der Waals surface area (Å²) in [7, 11) is 0. The molecule has 7 nitrogen and oxygen atoms in total. The van der Waals surface area contributed by atoms with E-state index in [1.54, 1.807) is 24.4 Å². The minimum atomic E-state index is -0.986. The second-order valence-electron chi connectivity index (χ2n) is 5.16. The summed E-state index contributed by atoms with van der Waals surface area (Å²) in [5.41, 5.74) is 2.02. The highest BCUT2D eigenvalue weighted by Crippen LogP contribution is 2.19. The summed E-state index contributed by atoms with van der Waals surface area (Å²) in [4.78, 5) is 22.7. The van der Waals surface area contributed by atoms with E-state index < -0.39 is 12.1 Å². The van der Waals surface area contributed by atoms with E-state index in [1.807, 2.05) is 30.3 Å². The molecular weight excluding hydrogens is 310 g/mol. The lowest BCUT2D eigenvalue weighted by Gasteiger charge is -2.08. The van der Waals surface area contributed by atoms with E-state index in [4.69, 9.17) is 9.84 Å². The Balaban J connectivity index is 1.68. The van der Waals surface area contributed by atoms with E-state index in [0.717, 1.165) is 10.9 Å². The first-order valence-electron chi connectivity index (χ1n) is 7.27. The second-order valence-corrected chi connectivity index (χ2v) is 5.16. The molecule has 0 atom stereocenters. The van der Waals surface area contributed by atoms with Gasteiger partial charge >= 0.3 is 12.1 Å². The van der Waals surface area contributed by atoms with Crippen LogP contribution in [0.2, 0.25) is 0 Å². The minimum Gasteiger partial charge on any atom is -0.480 e. The van der Waals surface area contributed by atoms with Crippen molar-refractivity contribution in [2.24, 2.45) is 0 Å². The standard InChI is InChI=1S/C17H15N3O4/c21-16(22)10-20-15-8-14(7-6-13(15)9-18-20)19-17(23)24-11-12-4-2-1-3-5-12/h1-9H,10-11H2,(H,19,23)(H,21,22). The molecule has 122 valence electrons. The van der Waals surface area contributed by atoms with Crippen LogP contribution in [0.15, 0.2) is 54.7 Å². The Morgan fingerprint density at radius 3 is 2.71 bits per heavy atom. The van der Waals surface area contributed by atoms with Crippen LogP contribution in [0.4, 0.5) is 10.5 Å². The maximum atomic E-state index is 11.9. The van der Waals surface area contributed by atoms with Crippen LogP contribution < -0.4 is 5.32 Å². The van der Waals surface area contributed by atoms with E-state index >= 15 is 0 Å². The van der Waals surface area contributed by atoms with Crippen LogP contribution in [0.5, 0.6) is 0 Å². The fraction of sp³-hybridized carbons (Fsp3) is 0.118. The monoisotopic (exact) mass is 325 g/mol. The van der Waals surface area contributed by atoms with E-state index in [0.29, 0.717) is 11.2 Å². The molecule has 1 aromatic heterocycles. The number of nitrogens with zero attached hydrogens (tertiary/aromatic N) is 2. The van der Waals surface area contributed by atoms with Crippen molar-refractivity contribution < 1.29 is 19.4 Å². The fourth-order valence-electron chi connectivity index (χ4n) is 2.28. The third-order valence-corrected chi connectivity index (χ3v) is 3.39. The maximum Gasteiger partial charge on any atom is 0.411 e. The summed E-state index contributed by atoms with van der Waals surface area (Å²) < 4.78 is 6.51. The minimum absolute atomic E-state index is 0.172. The molecule has 0 saturated carbocycles. The molecule has 0 bridgehead atoms. The van der Waals surface area contributed by atoms with E-state index in [-0.39, 0.29) is 13.2 Å². The summed E-state index contributed by atoms with van der Waals surface area (Å²) in [5.74, 6) is -0.986. The van der Waals surface area contributed by atoms with Gasteiger partial charge in [-0.2, -0.15) is 5.10 Å². The normalized spacial score (nSPS) is 10.5. The summed E-state index contributed by atoms with van der Waals surface area (Å²) in [6.07, 6.45) is 0.998. The third-order valence-electron chi connectivity index (χ3n) is 3.39. The molecule has 0 aliphatic carbocycles. The molecule has 1 heterocycles. The molecule has 2 N–H and O–H groups in total. The van der Waals surface area contributed by atoms with Gasteiger partial charge in [-0.15, -0.1) is 0 Å². The quantitative estimate of drug-likeness (QED) is 0.752. The smallest absolute Gasteiger partial charge is 0.411 e. The number of fused-ring (bicyclic) bond motifs is 1. The summed E-state index contributed by atoms with van der Waals surface area (Å²) in [6.45, 7) is -0.0722. The lowest BCUT2D eigenvalue weighted by Crippen LogP contribution is -2.14. The number of carbonyl (C=O) groups is 2. The van der Waals surface area contributed by atoms with Crippen molar-refractivity contribution in [3.05, 3.63) is 60.3 Å². The molecule has 0 fully saturated rings. The van der Waals surface area contributed by atoms with Crippen LogP contribution in [-0.2, 0) is 22.7 Å². The summed E-state index contributed by atoms with van der Waals surface area (Å²) in [5, 5.41) is 16.3. The first-order chi connectivity index (χ1) is 11.6. The predicted molar refractivity (Wildman–Crippen MR) is 87.6 cm³/mol. The zero-order chi connectivity index (χ0) is 16.9. The lowest BCUT2D eigenvalue weighted by atomic mass is 10.2. The zero-order valence-electron chi connectivity index (χ0n) is 12.7. The van der Waals surface area contributed by atoms with E-state index in [9.17, 15) is 9.59 Å². The van der Waals surface area contributed by atoms with Crippen LogP contribution in [0.1, 0.15) is 5.56 Å². The molecule has 7 heteroatoms. The van der Waals surface area contributed by atoms with Gasteiger partial charge in [-0.25, -0.2) is 4.79 Å². The molecule has 2 aromatic carbocycles. The number of carbonyl (C=O) groups excluding carboxylic acids is 1. The number of nitrogens with one attached hydrogen (secondary N) is 1. The van der Waals surface area contributed by atoms with Crippen molar-refractivity contribution in [1.29, 1.82) is 0 Å². The van der Waals surface area contributed by atoms with Crippen LogP contribution in [-0.4, -0.2) is 26.9 Å². The highest BCUT2D eigenvalue weighted by molar-refractivity contribution is 5.90. The molecule has 1 amide bonds. The van der Waals surface area contributed by atoms with Crippen LogP contribution >= 0.6 is 0 Å². The number of amides is 1. The molecule has 0 radical (unpaired) electrons.